The maximum absolute atomic E-state index is 12.8. The first kappa shape index (κ1) is 15.7. The Bertz CT molecular complexity index is 566. The highest BCUT2D eigenvalue weighted by atomic mass is 32.1. The molecule has 0 aliphatic rings. The zero-order valence-corrected chi connectivity index (χ0v) is 13.0. The molecule has 2 aromatic rings. The van der Waals surface area contributed by atoms with Crippen LogP contribution >= 0.6 is 11.3 Å². The number of benzene rings is 1. The van der Waals surface area contributed by atoms with E-state index in [0.29, 0.717) is 6.54 Å². The van der Waals surface area contributed by atoms with Crippen molar-refractivity contribution in [2.24, 2.45) is 0 Å². The maximum Gasteiger partial charge on any atom is 0.224 e. The van der Waals surface area contributed by atoms with E-state index in [2.05, 4.69) is 16.3 Å². The third kappa shape index (κ3) is 4.65. The summed E-state index contributed by atoms with van der Waals surface area (Å²) in [6.45, 7) is 0.563. The Morgan fingerprint density at radius 3 is 2.57 bits per heavy atom. The van der Waals surface area contributed by atoms with E-state index in [-0.39, 0.29) is 24.2 Å². The number of hydrogen-bond acceptors (Lipinski definition) is 3. The number of rotatable bonds is 6. The molecular formula is C16H19FN2OS. The van der Waals surface area contributed by atoms with Crippen molar-refractivity contribution in [3.8, 4) is 0 Å². The van der Waals surface area contributed by atoms with Gasteiger partial charge in [-0.3, -0.25) is 4.79 Å². The first-order valence-corrected chi connectivity index (χ1v) is 7.65. The molecule has 21 heavy (non-hydrogen) atoms. The molecule has 2 rings (SSSR count). The van der Waals surface area contributed by atoms with Gasteiger partial charge in [-0.25, -0.2) is 4.39 Å². The van der Waals surface area contributed by atoms with Gasteiger partial charge in [0.25, 0.3) is 0 Å². The maximum atomic E-state index is 12.8. The van der Waals surface area contributed by atoms with E-state index in [1.54, 1.807) is 23.5 Å². The molecule has 5 heteroatoms. The van der Waals surface area contributed by atoms with Crippen molar-refractivity contribution in [3.05, 3.63) is 58.0 Å². The Balaban J connectivity index is 1.89. The molecule has 0 fully saturated rings. The van der Waals surface area contributed by atoms with Gasteiger partial charge >= 0.3 is 0 Å². The predicted octanol–water partition coefficient (Wildman–Crippen LogP) is 2.85. The van der Waals surface area contributed by atoms with Crippen LogP contribution in [-0.4, -0.2) is 31.4 Å². The Kier molecular flexibility index (Phi) is 5.47. The molecule has 1 aromatic heterocycles. The average molecular weight is 306 g/mol. The summed E-state index contributed by atoms with van der Waals surface area (Å²) < 4.78 is 12.8. The number of thiophene rings is 1. The molecule has 0 spiro atoms. The fourth-order valence-corrected chi connectivity index (χ4v) is 3.00. The van der Waals surface area contributed by atoms with Crippen LogP contribution in [0.4, 0.5) is 4.39 Å². The summed E-state index contributed by atoms with van der Waals surface area (Å²) in [5.74, 6) is -0.338. The number of amides is 1. The minimum atomic E-state index is -0.287. The van der Waals surface area contributed by atoms with Crippen LogP contribution in [0.5, 0.6) is 0 Å². The molecule has 0 bridgehead atoms. The van der Waals surface area contributed by atoms with E-state index in [1.165, 1.54) is 17.0 Å². The van der Waals surface area contributed by atoms with Gasteiger partial charge in [0.1, 0.15) is 5.82 Å². The molecule has 112 valence electrons. The fraction of sp³-hybridized carbons (Fsp3) is 0.312. The first-order chi connectivity index (χ1) is 10.1. The molecule has 0 unspecified atom stereocenters. The summed E-state index contributed by atoms with van der Waals surface area (Å²) in [5.41, 5.74) is 0.812. The van der Waals surface area contributed by atoms with Gasteiger partial charge in [-0.05, 0) is 43.2 Å². The lowest BCUT2D eigenvalue weighted by molar-refractivity contribution is -0.120. The van der Waals surface area contributed by atoms with E-state index in [9.17, 15) is 9.18 Å². The highest BCUT2D eigenvalue weighted by Crippen LogP contribution is 2.22. The van der Waals surface area contributed by atoms with Crippen molar-refractivity contribution >= 4 is 17.2 Å². The lowest BCUT2D eigenvalue weighted by Crippen LogP contribution is -2.34. The first-order valence-electron chi connectivity index (χ1n) is 6.77. The van der Waals surface area contributed by atoms with Crippen molar-refractivity contribution in [3.63, 3.8) is 0 Å². The van der Waals surface area contributed by atoms with E-state index < -0.39 is 0 Å². The molecule has 1 atom stereocenters. The zero-order chi connectivity index (χ0) is 15.2. The van der Waals surface area contributed by atoms with Crippen LogP contribution in [0.2, 0.25) is 0 Å². The molecule has 0 saturated heterocycles. The van der Waals surface area contributed by atoms with Crippen LogP contribution in [-0.2, 0) is 11.2 Å². The van der Waals surface area contributed by atoms with Gasteiger partial charge in [0.2, 0.25) is 5.91 Å². The molecule has 1 N–H and O–H groups in total. The van der Waals surface area contributed by atoms with Gasteiger partial charge in [0.15, 0.2) is 0 Å². The van der Waals surface area contributed by atoms with Crippen LogP contribution in [0.15, 0.2) is 41.8 Å². The van der Waals surface area contributed by atoms with Crippen LogP contribution < -0.4 is 5.32 Å². The van der Waals surface area contributed by atoms with Gasteiger partial charge in [0, 0.05) is 11.4 Å². The molecule has 0 saturated carbocycles. The number of likely N-dealkylation sites (N-methyl/N-ethyl adjacent to an activating group) is 1. The molecule has 1 heterocycles. The summed E-state index contributed by atoms with van der Waals surface area (Å²) in [4.78, 5) is 15.3. The van der Waals surface area contributed by atoms with Gasteiger partial charge < -0.3 is 10.2 Å². The lowest BCUT2D eigenvalue weighted by Gasteiger charge is -2.23. The van der Waals surface area contributed by atoms with E-state index in [4.69, 9.17) is 0 Å². The van der Waals surface area contributed by atoms with Gasteiger partial charge in [-0.15, -0.1) is 11.3 Å². The number of nitrogens with zero attached hydrogens (tertiary/aromatic N) is 1. The highest BCUT2D eigenvalue weighted by molar-refractivity contribution is 7.10. The summed E-state index contributed by atoms with van der Waals surface area (Å²) >= 11 is 1.68. The Labute approximate surface area is 128 Å². The summed E-state index contributed by atoms with van der Waals surface area (Å²) in [7, 11) is 3.99. The average Bonchev–Trinajstić information content (AvgIpc) is 2.95. The monoisotopic (exact) mass is 306 g/mol. The number of carbonyl (C=O) groups is 1. The zero-order valence-electron chi connectivity index (χ0n) is 12.2. The van der Waals surface area contributed by atoms with Crippen molar-refractivity contribution < 1.29 is 9.18 Å². The molecule has 1 amide bonds. The van der Waals surface area contributed by atoms with Gasteiger partial charge in [-0.2, -0.15) is 0 Å². The van der Waals surface area contributed by atoms with Crippen molar-refractivity contribution in [2.45, 2.75) is 12.5 Å². The largest absolute Gasteiger partial charge is 0.354 e. The normalized spacial score (nSPS) is 12.4. The van der Waals surface area contributed by atoms with Crippen LogP contribution in [0.1, 0.15) is 16.5 Å². The third-order valence-corrected chi connectivity index (χ3v) is 4.24. The van der Waals surface area contributed by atoms with Crippen LogP contribution in [0.25, 0.3) is 0 Å². The smallest absolute Gasteiger partial charge is 0.224 e. The minimum absolute atomic E-state index is 0.0509. The number of hydrogen-bond donors (Lipinski definition) is 1. The SMILES string of the molecule is CN(C)[C@H](CNC(=O)Cc1ccc(F)cc1)c1cccs1. The Morgan fingerprint density at radius 2 is 2.00 bits per heavy atom. The van der Waals surface area contributed by atoms with Crippen LogP contribution in [0.3, 0.4) is 0 Å². The second kappa shape index (κ2) is 7.33. The number of carbonyl (C=O) groups excluding carboxylic acids is 1. The summed E-state index contributed by atoms with van der Waals surface area (Å²) in [6, 6.07) is 10.3. The molecule has 0 aliphatic carbocycles. The third-order valence-electron chi connectivity index (χ3n) is 3.27. The molecule has 0 radical (unpaired) electrons. The Morgan fingerprint density at radius 1 is 1.29 bits per heavy atom. The predicted molar refractivity (Wildman–Crippen MR) is 83.9 cm³/mol. The van der Waals surface area contributed by atoms with Crippen LogP contribution in [0, 0.1) is 5.82 Å². The van der Waals surface area contributed by atoms with Crippen molar-refractivity contribution in [1.82, 2.24) is 10.2 Å². The van der Waals surface area contributed by atoms with Gasteiger partial charge in [-0.1, -0.05) is 18.2 Å². The van der Waals surface area contributed by atoms with Crippen molar-refractivity contribution in [1.29, 1.82) is 0 Å². The topological polar surface area (TPSA) is 32.3 Å². The van der Waals surface area contributed by atoms with E-state index in [0.717, 1.165) is 5.56 Å². The summed E-state index contributed by atoms with van der Waals surface area (Å²) in [5, 5.41) is 4.98. The molecule has 1 aromatic carbocycles. The minimum Gasteiger partial charge on any atom is -0.354 e. The van der Waals surface area contributed by atoms with Gasteiger partial charge in [0.05, 0.1) is 12.5 Å². The molecule has 0 aliphatic heterocycles. The van der Waals surface area contributed by atoms with Crippen molar-refractivity contribution in [2.75, 3.05) is 20.6 Å². The fourth-order valence-electron chi connectivity index (χ4n) is 2.08. The summed E-state index contributed by atoms with van der Waals surface area (Å²) in [6.07, 6.45) is 0.269. The second-order valence-corrected chi connectivity index (χ2v) is 6.08. The Hall–Kier alpha value is -1.72. The van der Waals surface area contributed by atoms with E-state index >= 15 is 0 Å². The lowest BCUT2D eigenvalue weighted by atomic mass is 10.1. The number of nitrogens with one attached hydrogen (secondary N) is 1. The standard InChI is InChI=1S/C16H19FN2OS/c1-19(2)14(15-4-3-9-21-15)11-18-16(20)10-12-5-7-13(17)8-6-12/h3-9,14H,10-11H2,1-2H3,(H,18,20)/t14-/m1/s1. The molecular weight excluding hydrogens is 287 g/mol. The molecule has 3 nitrogen and oxygen atoms in total. The highest BCUT2D eigenvalue weighted by Gasteiger charge is 2.16. The second-order valence-electron chi connectivity index (χ2n) is 5.10. The van der Waals surface area contributed by atoms with E-state index in [1.807, 2.05) is 25.5 Å². The quantitative estimate of drug-likeness (QED) is 0.890. The number of halogens is 1.